The van der Waals surface area contributed by atoms with Crippen molar-refractivity contribution in [2.75, 3.05) is 0 Å². The maximum absolute atomic E-state index is 12.0. The van der Waals surface area contributed by atoms with Crippen molar-refractivity contribution in [2.45, 2.75) is 37.5 Å². The number of rotatable bonds is 0. The Hall–Kier alpha value is -1.67. The zero-order valence-electron chi connectivity index (χ0n) is 9.34. The Labute approximate surface area is 96.1 Å². The third-order valence-electron chi connectivity index (χ3n) is 3.88. The molecule has 1 aromatic heterocycles. The number of nitrogens with zero attached hydrogens (tertiary/aromatic N) is 3. The second-order valence-corrected chi connectivity index (χ2v) is 4.82. The summed E-state index contributed by atoms with van der Waals surface area (Å²) in [5, 5.41) is 37.6. The van der Waals surface area contributed by atoms with Gasteiger partial charge < -0.3 is 15.5 Å². The van der Waals surface area contributed by atoms with Crippen molar-refractivity contribution in [1.82, 2.24) is 5.16 Å². The van der Waals surface area contributed by atoms with Gasteiger partial charge in [0.15, 0.2) is 5.71 Å². The van der Waals surface area contributed by atoms with Crippen LogP contribution in [0.4, 0.5) is 0 Å². The Morgan fingerprint density at radius 2 is 2.24 bits per heavy atom. The molecule has 92 valence electrons. The predicted octanol–water partition coefficient (Wildman–Crippen LogP) is -2.25. The molecule has 1 aliphatic carbocycles. The lowest BCUT2D eigenvalue weighted by Crippen LogP contribution is -2.84. The van der Waals surface area contributed by atoms with Crippen LogP contribution in [0.25, 0.3) is 0 Å². The summed E-state index contributed by atoms with van der Waals surface area (Å²) in [6, 6.07) is 0. The minimum absolute atomic E-state index is 0.125. The van der Waals surface area contributed by atoms with E-state index in [0.29, 0.717) is 18.6 Å². The van der Waals surface area contributed by atoms with Crippen LogP contribution in [0.2, 0.25) is 0 Å². The average molecular weight is 241 g/mol. The molecule has 0 fully saturated rings. The average Bonchev–Trinajstić information content (AvgIpc) is 2.72. The van der Waals surface area contributed by atoms with Crippen LogP contribution in [-0.4, -0.2) is 26.4 Å². The lowest BCUT2D eigenvalue weighted by Gasteiger charge is -2.32. The highest BCUT2D eigenvalue weighted by Crippen LogP contribution is 2.44. The van der Waals surface area contributed by atoms with Crippen LogP contribution in [0.1, 0.15) is 31.2 Å². The van der Waals surface area contributed by atoms with E-state index in [2.05, 4.69) is 15.5 Å². The summed E-state index contributed by atoms with van der Waals surface area (Å²) in [6.07, 6.45) is 0.737. The van der Waals surface area contributed by atoms with Gasteiger partial charge in [0.2, 0.25) is 5.69 Å². The van der Waals surface area contributed by atoms with Gasteiger partial charge in [-0.1, -0.05) is 0 Å². The molecule has 0 unspecified atom stereocenters. The van der Waals surface area contributed by atoms with Gasteiger partial charge >= 0.3 is 5.66 Å². The van der Waals surface area contributed by atoms with Crippen molar-refractivity contribution >= 4 is 5.71 Å². The summed E-state index contributed by atoms with van der Waals surface area (Å²) < 4.78 is 5.24. The molecule has 0 saturated carbocycles. The van der Waals surface area contributed by atoms with E-state index in [1.54, 1.807) is 6.92 Å². The van der Waals surface area contributed by atoms with Crippen molar-refractivity contribution in [1.29, 1.82) is 0 Å². The summed E-state index contributed by atoms with van der Waals surface area (Å²) in [5.41, 5.74) is 2.02. The number of aromatic nitrogens is 2. The van der Waals surface area contributed by atoms with Crippen LogP contribution in [-0.2, 0) is 12.0 Å². The third-order valence-corrected chi connectivity index (χ3v) is 3.88. The van der Waals surface area contributed by atoms with Crippen molar-refractivity contribution in [3.63, 3.8) is 0 Å². The van der Waals surface area contributed by atoms with Gasteiger partial charge in [-0.3, -0.25) is 10.4 Å². The Morgan fingerprint density at radius 1 is 1.53 bits per heavy atom. The maximum Gasteiger partial charge on any atom is 0.332 e. The van der Waals surface area contributed by atoms with E-state index in [0.717, 1.165) is 4.74 Å². The highest BCUT2D eigenvalue weighted by Gasteiger charge is 2.72. The summed E-state index contributed by atoms with van der Waals surface area (Å²) in [7, 11) is 0. The Balaban J connectivity index is 2.23. The molecule has 0 bridgehead atoms. The van der Waals surface area contributed by atoms with Gasteiger partial charge in [0.1, 0.15) is 0 Å². The second-order valence-electron chi connectivity index (χ2n) is 4.82. The highest BCUT2D eigenvalue weighted by molar-refractivity contribution is 5.80. The first kappa shape index (κ1) is 10.5. The number of hydrogen-bond acceptors (Lipinski definition) is 5. The molecule has 1 aliphatic heterocycles. The van der Waals surface area contributed by atoms with E-state index in [9.17, 15) is 15.5 Å². The van der Waals surface area contributed by atoms with Crippen molar-refractivity contribution in [3.05, 3.63) is 21.8 Å². The van der Waals surface area contributed by atoms with Gasteiger partial charge in [0.05, 0.1) is 12.8 Å². The number of fused-ring (bicyclic) bond motifs is 3. The first-order valence-corrected chi connectivity index (χ1v) is 5.37. The van der Waals surface area contributed by atoms with E-state index in [4.69, 9.17) is 0 Å². The van der Waals surface area contributed by atoms with Crippen LogP contribution < -0.4 is 10.6 Å². The van der Waals surface area contributed by atoms with E-state index in [1.807, 2.05) is 0 Å². The molecule has 0 spiro atoms. The number of quaternary nitrogens is 1. The number of aliphatic hydroxyl groups is 1. The van der Waals surface area contributed by atoms with Gasteiger partial charge in [-0.25, -0.2) is 0 Å². The highest BCUT2D eigenvalue weighted by atomic mass is 16.8. The third kappa shape index (κ3) is 0.973. The minimum Gasteiger partial charge on any atom is -0.619 e. The molecule has 8 heteroatoms. The molecule has 8 nitrogen and oxygen atoms in total. The lowest BCUT2D eigenvalue weighted by atomic mass is 9.76. The quantitative estimate of drug-likeness (QED) is 0.392. The van der Waals surface area contributed by atoms with Gasteiger partial charge in [-0.2, -0.15) is 4.74 Å². The summed E-state index contributed by atoms with van der Waals surface area (Å²) in [6.45, 7) is 1.64. The molecule has 0 radical (unpaired) electrons. The summed E-state index contributed by atoms with van der Waals surface area (Å²) in [5.74, 6) is 0. The maximum atomic E-state index is 12.0. The topological polar surface area (TPSA) is 127 Å². The second kappa shape index (κ2) is 2.77. The van der Waals surface area contributed by atoms with Crippen molar-refractivity contribution in [2.24, 2.45) is 0 Å². The molecule has 17 heavy (non-hydrogen) atoms. The fourth-order valence-electron chi connectivity index (χ4n) is 2.87. The zero-order valence-corrected chi connectivity index (χ0v) is 9.34. The standard InChI is InChI=1S/C9H12N4O4/c1-5-4-8(14)7-6(13(16)17-11-7)2-3-9(8,10)12(5)15/h14H,2-4,10H2,1H3/p+1/t8-,9+/m0/s1. The van der Waals surface area contributed by atoms with Crippen LogP contribution in [0.5, 0.6) is 0 Å². The normalized spacial score (nSPS) is 35.9. The number of hydroxylamine groups is 1. The Kier molecular flexibility index (Phi) is 1.71. The largest absolute Gasteiger partial charge is 0.619 e. The molecule has 4 N–H and O–H groups in total. The van der Waals surface area contributed by atoms with Crippen LogP contribution in [0.3, 0.4) is 0 Å². The predicted molar refractivity (Wildman–Crippen MR) is 52.2 cm³/mol. The van der Waals surface area contributed by atoms with E-state index >= 15 is 0 Å². The molecule has 2 heterocycles. The first-order chi connectivity index (χ1) is 7.90. The zero-order chi connectivity index (χ0) is 12.4. The van der Waals surface area contributed by atoms with E-state index in [-0.39, 0.29) is 22.7 Å². The molecule has 0 amide bonds. The van der Waals surface area contributed by atoms with Gasteiger partial charge in [0, 0.05) is 18.5 Å². The fourth-order valence-corrected chi connectivity index (χ4v) is 2.87. The smallest absolute Gasteiger partial charge is 0.332 e. The Morgan fingerprint density at radius 3 is 2.94 bits per heavy atom. The monoisotopic (exact) mass is 241 g/mol. The van der Waals surface area contributed by atoms with Gasteiger partial charge in [0.25, 0.3) is 11.3 Å². The molecule has 0 aromatic carbocycles. The van der Waals surface area contributed by atoms with Gasteiger partial charge in [-0.15, -0.1) is 0 Å². The molecule has 1 aromatic rings. The minimum atomic E-state index is -1.54. The van der Waals surface area contributed by atoms with Crippen LogP contribution in [0.15, 0.2) is 4.63 Å². The van der Waals surface area contributed by atoms with E-state index < -0.39 is 11.3 Å². The molecular weight excluding hydrogens is 228 g/mol. The fraction of sp³-hybridized carbons (Fsp3) is 0.667. The summed E-state index contributed by atoms with van der Waals surface area (Å²) in [4.78, 5) is 0.287. The van der Waals surface area contributed by atoms with Crippen LogP contribution >= 0.6 is 0 Å². The lowest BCUT2D eigenvalue weighted by molar-refractivity contribution is -0.810. The summed E-state index contributed by atoms with van der Waals surface area (Å²) >= 11 is 0. The van der Waals surface area contributed by atoms with Crippen molar-refractivity contribution < 1.29 is 25.1 Å². The van der Waals surface area contributed by atoms with Crippen LogP contribution in [0, 0.1) is 10.4 Å². The number of hydrogen-bond donors (Lipinski definition) is 2. The molecule has 2 atom stereocenters. The SMILES string of the molecule is CC1=[N+]([O-])[C@]2([NH3+])CCc3c(no[n+]3[O-])[C@@]2(O)C1. The molecule has 0 saturated heterocycles. The van der Waals surface area contributed by atoms with Crippen molar-refractivity contribution in [3.8, 4) is 0 Å². The molecule has 3 rings (SSSR count). The first-order valence-electron chi connectivity index (χ1n) is 5.37. The molecule has 2 aliphatic rings. The Bertz CT molecular complexity index is 539. The van der Waals surface area contributed by atoms with Gasteiger partial charge in [-0.05, 0) is 4.90 Å². The molecular formula is C9H13N4O4+. The van der Waals surface area contributed by atoms with E-state index in [1.165, 1.54) is 0 Å².